The van der Waals surface area contributed by atoms with Crippen molar-refractivity contribution in [3.8, 4) is 22.8 Å². The Hall–Kier alpha value is -2.89. The first-order chi connectivity index (χ1) is 9.79. The Morgan fingerprint density at radius 1 is 1.10 bits per heavy atom. The van der Waals surface area contributed by atoms with Crippen molar-refractivity contribution < 1.29 is 4.74 Å². The minimum atomic E-state index is 0.453. The van der Waals surface area contributed by atoms with Gasteiger partial charge in [-0.2, -0.15) is 4.68 Å². The molecule has 3 aromatic rings. The first-order valence-corrected chi connectivity index (χ1v) is 6.06. The largest absolute Gasteiger partial charge is 0.497 e. The van der Waals surface area contributed by atoms with E-state index >= 15 is 0 Å². The lowest BCUT2D eigenvalue weighted by molar-refractivity contribution is 0.414. The van der Waals surface area contributed by atoms with Crippen molar-refractivity contribution in [2.75, 3.05) is 12.8 Å². The number of benzene rings is 1. The summed E-state index contributed by atoms with van der Waals surface area (Å²) in [7, 11) is 1.62. The number of hydrogen-bond donors (Lipinski definition) is 1. The molecule has 6 heteroatoms. The molecule has 3 rings (SSSR count). The zero-order chi connectivity index (χ0) is 13.9. The van der Waals surface area contributed by atoms with Gasteiger partial charge in [-0.05, 0) is 36.4 Å². The molecule has 0 spiro atoms. The molecule has 20 heavy (non-hydrogen) atoms. The van der Waals surface area contributed by atoms with Gasteiger partial charge >= 0.3 is 0 Å². The highest BCUT2D eigenvalue weighted by molar-refractivity contribution is 5.67. The Balaban J connectivity index is 2.01. The van der Waals surface area contributed by atoms with E-state index < -0.39 is 0 Å². The maximum Gasteiger partial charge on any atom is 0.157 e. The van der Waals surface area contributed by atoms with Crippen LogP contribution in [0.25, 0.3) is 17.1 Å². The summed E-state index contributed by atoms with van der Waals surface area (Å²) in [4.78, 5) is 4.23. The number of ether oxygens (including phenoxy) is 1. The molecule has 2 aromatic heterocycles. The average molecular weight is 267 g/mol. The van der Waals surface area contributed by atoms with E-state index in [0.29, 0.717) is 17.2 Å². The normalized spacial score (nSPS) is 10.4. The lowest BCUT2D eigenvalue weighted by Gasteiger charge is -2.04. The van der Waals surface area contributed by atoms with Gasteiger partial charge in [0, 0.05) is 6.20 Å². The minimum absolute atomic E-state index is 0.453. The molecule has 0 amide bonds. The van der Waals surface area contributed by atoms with Gasteiger partial charge in [0.25, 0.3) is 0 Å². The Bertz CT molecular complexity index is 706. The van der Waals surface area contributed by atoms with Crippen molar-refractivity contribution >= 4 is 5.82 Å². The lowest BCUT2D eigenvalue weighted by Crippen LogP contribution is -2.02. The number of hydrogen-bond acceptors (Lipinski definition) is 5. The fraction of sp³-hybridized carbons (Fsp3) is 0.0714. The summed E-state index contributed by atoms with van der Waals surface area (Å²) < 4.78 is 6.70. The number of nitrogens with two attached hydrogens (primary N) is 1. The highest BCUT2D eigenvalue weighted by atomic mass is 16.5. The van der Waals surface area contributed by atoms with Crippen LogP contribution in [0.5, 0.6) is 5.75 Å². The van der Waals surface area contributed by atoms with Crippen molar-refractivity contribution in [3.05, 3.63) is 48.7 Å². The number of pyridine rings is 1. The van der Waals surface area contributed by atoms with Crippen LogP contribution in [0.15, 0.2) is 48.7 Å². The average Bonchev–Trinajstić information content (AvgIpc) is 2.90. The summed E-state index contributed by atoms with van der Waals surface area (Å²) in [5.41, 5.74) is 8.19. The quantitative estimate of drug-likeness (QED) is 0.784. The highest BCUT2D eigenvalue weighted by Gasteiger charge is 2.13. The summed E-state index contributed by atoms with van der Waals surface area (Å²) in [6.07, 6.45) is 1.70. The third-order valence-corrected chi connectivity index (χ3v) is 2.93. The van der Waals surface area contributed by atoms with Crippen molar-refractivity contribution in [1.82, 2.24) is 20.0 Å². The summed E-state index contributed by atoms with van der Waals surface area (Å²) in [6.45, 7) is 0. The van der Waals surface area contributed by atoms with Gasteiger partial charge in [0.2, 0.25) is 0 Å². The van der Waals surface area contributed by atoms with Crippen molar-refractivity contribution in [2.45, 2.75) is 0 Å². The monoisotopic (exact) mass is 267 g/mol. The molecule has 0 aliphatic heterocycles. The molecule has 2 heterocycles. The number of aromatic nitrogens is 4. The van der Waals surface area contributed by atoms with Gasteiger partial charge < -0.3 is 10.5 Å². The van der Waals surface area contributed by atoms with E-state index in [-0.39, 0.29) is 0 Å². The maximum absolute atomic E-state index is 6.10. The molecular weight excluding hydrogens is 254 g/mol. The molecule has 2 N–H and O–H groups in total. The van der Waals surface area contributed by atoms with Crippen LogP contribution in [0.3, 0.4) is 0 Å². The number of nitrogen functional groups attached to an aromatic ring is 1. The summed E-state index contributed by atoms with van der Waals surface area (Å²) in [5.74, 6) is 1.23. The molecule has 6 nitrogen and oxygen atoms in total. The van der Waals surface area contributed by atoms with Crippen LogP contribution in [0, 0.1) is 0 Å². The molecule has 0 radical (unpaired) electrons. The predicted molar refractivity (Wildman–Crippen MR) is 75.6 cm³/mol. The fourth-order valence-electron chi connectivity index (χ4n) is 1.89. The molecule has 0 saturated carbocycles. The highest BCUT2D eigenvalue weighted by Crippen LogP contribution is 2.24. The van der Waals surface area contributed by atoms with Crippen LogP contribution in [0.4, 0.5) is 5.82 Å². The molecule has 0 aliphatic carbocycles. The molecule has 0 saturated heterocycles. The van der Waals surface area contributed by atoms with E-state index in [1.54, 1.807) is 18.0 Å². The Labute approximate surface area is 115 Å². The zero-order valence-corrected chi connectivity index (χ0v) is 10.9. The molecule has 0 aliphatic rings. The second kappa shape index (κ2) is 5.00. The third-order valence-electron chi connectivity index (χ3n) is 2.93. The molecule has 1 aromatic carbocycles. The first-order valence-electron chi connectivity index (χ1n) is 6.06. The van der Waals surface area contributed by atoms with E-state index in [1.807, 2.05) is 42.5 Å². The maximum atomic E-state index is 6.10. The molecule has 0 fully saturated rings. The predicted octanol–water partition coefficient (Wildman–Crippen LogP) is 1.92. The second-order valence-electron chi connectivity index (χ2n) is 4.15. The van der Waals surface area contributed by atoms with Gasteiger partial charge in [0.05, 0.1) is 18.5 Å². The van der Waals surface area contributed by atoms with Crippen LogP contribution in [0.1, 0.15) is 0 Å². The topological polar surface area (TPSA) is 78.8 Å². The van der Waals surface area contributed by atoms with E-state index in [4.69, 9.17) is 10.5 Å². The standard InChI is InChI=1S/C14H13N5O/c1-20-11-7-5-10(6-8-11)19-14(15)13(17-18-19)12-4-2-3-9-16-12/h2-9H,15H2,1H3. The van der Waals surface area contributed by atoms with Crippen molar-refractivity contribution in [2.24, 2.45) is 0 Å². The summed E-state index contributed by atoms with van der Waals surface area (Å²) in [6, 6.07) is 13.0. The van der Waals surface area contributed by atoms with E-state index in [1.165, 1.54) is 0 Å². The fourth-order valence-corrected chi connectivity index (χ4v) is 1.89. The van der Waals surface area contributed by atoms with Gasteiger partial charge in [-0.1, -0.05) is 11.3 Å². The summed E-state index contributed by atoms with van der Waals surface area (Å²) >= 11 is 0. The van der Waals surface area contributed by atoms with Crippen molar-refractivity contribution in [3.63, 3.8) is 0 Å². The van der Waals surface area contributed by atoms with Crippen LogP contribution >= 0.6 is 0 Å². The van der Waals surface area contributed by atoms with E-state index in [0.717, 1.165) is 11.4 Å². The zero-order valence-electron chi connectivity index (χ0n) is 10.9. The van der Waals surface area contributed by atoms with Gasteiger partial charge in [-0.25, -0.2) is 0 Å². The molecule has 0 atom stereocenters. The van der Waals surface area contributed by atoms with Gasteiger partial charge in [0.1, 0.15) is 5.75 Å². The van der Waals surface area contributed by atoms with Gasteiger partial charge in [-0.3, -0.25) is 4.98 Å². The van der Waals surface area contributed by atoms with Gasteiger partial charge in [0.15, 0.2) is 11.5 Å². The Morgan fingerprint density at radius 3 is 2.55 bits per heavy atom. The lowest BCUT2D eigenvalue weighted by atomic mass is 10.2. The van der Waals surface area contributed by atoms with Crippen LogP contribution in [-0.4, -0.2) is 27.1 Å². The molecule has 100 valence electrons. The van der Waals surface area contributed by atoms with Crippen LogP contribution in [-0.2, 0) is 0 Å². The smallest absolute Gasteiger partial charge is 0.157 e. The number of nitrogens with zero attached hydrogens (tertiary/aromatic N) is 4. The van der Waals surface area contributed by atoms with Gasteiger partial charge in [-0.15, -0.1) is 5.10 Å². The number of anilines is 1. The van der Waals surface area contributed by atoms with Crippen molar-refractivity contribution in [1.29, 1.82) is 0 Å². The molecule has 0 bridgehead atoms. The van der Waals surface area contributed by atoms with E-state index in [2.05, 4.69) is 15.3 Å². The van der Waals surface area contributed by atoms with E-state index in [9.17, 15) is 0 Å². The molecule has 0 unspecified atom stereocenters. The van der Waals surface area contributed by atoms with Crippen LogP contribution in [0.2, 0.25) is 0 Å². The summed E-state index contributed by atoms with van der Waals surface area (Å²) in [5, 5.41) is 8.18. The SMILES string of the molecule is COc1ccc(-n2nnc(-c3ccccn3)c2N)cc1. The third kappa shape index (κ3) is 2.07. The first kappa shape index (κ1) is 12.2. The van der Waals surface area contributed by atoms with Crippen LogP contribution < -0.4 is 10.5 Å². The Kier molecular flexibility index (Phi) is 3.04. The minimum Gasteiger partial charge on any atom is -0.497 e. The molecular formula is C14H13N5O. The number of methoxy groups -OCH3 is 1. The Morgan fingerprint density at radius 2 is 1.90 bits per heavy atom. The second-order valence-corrected chi connectivity index (χ2v) is 4.15. The number of rotatable bonds is 3.